The van der Waals surface area contributed by atoms with E-state index in [-0.39, 0.29) is 12.5 Å². The summed E-state index contributed by atoms with van der Waals surface area (Å²) >= 11 is 0. The monoisotopic (exact) mass is 324 g/mol. The van der Waals surface area contributed by atoms with Gasteiger partial charge in [0.2, 0.25) is 5.91 Å². The van der Waals surface area contributed by atoms with Gasteiger partial charge in [-0.3, -0.25) is 9.35 Å². The zero-order chi connectivity index (χ0) is 17.1. The van der Waals surface area contributed by atoms with Crippen LogP contribution in [0.2, 0.25) is 0 Å². The van der Waals surface area contributed by atoms with Crippen LogP contribution in [-0.4, -0.2) is 57.1 Å². The van der Waals surface area contributed by atoms with Gasteiger partial charge in [0.25, 0.3) is 0 Å². The molecule has 0 rings (SSSR count). The Kier molecular flexibility index (Phi) is 12.4. The Balaban J connectivity index is 0. The first-order chi connectivity index (χ1) is 9.51. The van der Waals surface area contributed by atoms with E-state index in [0.717, 1.165) is 19.4 Å². The third-order valence-electron chi connectivity index (χ3n) is 2.62. The quantitative estimate of drug-likeness (QED) is 0.396. The van der Waals surface area contributed by atoms with Crippen LogP contribution in [0.1, 0.15) is 33.6 Å². The van der Waals surface area contributed by atoms with Gasteiger partial charge >= 0.3 is 10.4 Å². The number of carbonyl (C=O) groups excluding carboxylic acids is 1. The lowest BCUT2D eigenvalue weighted by molar-refractivity contribution is -0.117. The number of rotatable bonds is 8. The smallest absolute Gasteiger partial charge is 0.352 e. The molecule has 0 aromatic heterocycles. The molecule has 0 heterocycles. The molecule has 0 saturated carbocycles. The average molecular weight is 324 g/mol. The van der Waals surface area contributed by atoms with Crippen LogP contribution < -0.4 is 5.32 Å². The van der Waals surface area contributed by atoms with Gasteiger partial charge in [0.1, 0.15) is 0 Å². The van der Waals surface area contributed by atoms with E-state index in [4.69, 9.17) is 4.55 Å². The van der Waals surface area contributed by atoms with Crippen LogP contribution >= 0.6 is 0 Å². The highest BCUT2D eigenvalue weighted by atomic mass is 32.3. The largest absolute Gasteiger partial charge is 0.397 e. The van der Waals surface area contributed by atoms with Crippen LogP contribution in [0.15, 0.2) is 12.2 Å². The number of nitrogens with zero attached hydrogens (tertiary/aromatic N) is 1. The Bertz CT molecular complexity index is 407. The molecule has 1 atom stereocenters. The molecule has 0 spiro atoms. The molecule has 0 bridgehead atoms. The molecule has 0 fully saturated rings. The van der Waals surface area contributed by atoms with Gasteiger partial charge in [0.05, 0.1) is 6.61 Å². The van der Waals surface area contributed by atoms with Gasteiger partial charge in [-0.05, 0) is 47.7 Å². The highest BCUT2D eigenvalue weighted by molar-refractivity contribution is 7.80. The molecule has 0 aromatic rings. The van der Waals surface area contributed by atoms with Crippen molar-refractivity contribution in [3.8, 4) is 0 Å². The second kappa shape index (κ2) is 11.7. The molecular weight excluding hydrogens is 296 g/mol. The molecule has 1 amide bonds. The topological polar surface area (TPSA) is 95.9 Å². The van der Waals surface area contributed by atoms with E-state index in [0.29, 0.717) is 11.6 Å². The number of amides is 1. The highest BCUT2D eigenvalue weighted by Crippen LogP contribution is 2.00. The van der Waals surface area contributed by atoms with Crippen molar-refractivity contribution in [1.82, 2.24) is 10.2 Å². The van der Waals surface area contributed by atoms with E-state index in [1.54, 1.807) is 6.92 Å². The van der Waals surface area contributed by atoms with E-state index in [9.17, 15) is 13.2 Å². The number of hydrogen-bond acceptors (Lipinski definition) is 5. The van der Waals surface area contributed by atoms with Gasteiger partial charge in [-0.25, -0.2) is 4.18 Å². The molecule has 0 aliphatic heterocycles. The van der Waals surface area contributed by atoms with Crippen molar-refractivity contribution in [2.24, 2.45) is 0 Å². The molecule has 21 heavy (non-hydrogen) atoms. The molecule has 1 unspecified atom stereocenters. The summed E-state index contributed by atoms with van der Waals surface area (Å²) in [5.74, 6) is -0.0393. The summed E-state index contributed by atoms with van der Waals surface area (Å²) in [5, 5.41) is 2.82. The lowest BCUT2D eigenvalue weighted by Crippen LogP contribution is -2.28. The third-order valence-corrected chi connectivity index (χ3v) is 3.15. The Labute approximate surface area is 128 Å². The second-order valence-electron chi connectivity index (χ2n) is 4.83. The minimum absolute atomic E-state index is 0.0289. The molecule has 7 nitrogen and oxygen atoms in total. The maximum Gasteiger partial charge on any atom is 0.397 e. The van der Waals surface area contributed by atoms with Crippen molar-refractivity contribution in [3.63, 3.8) is 0 Å². The van der Waals surface area contributed by atoms with Crippen LogP contribution in [0.25, 0.3) is 0 Å². The van der Waals surface area contributed by atoms with Crippen molar-refractivity contribution in [3.05, 3.63) is 12.2 Å². The Morgan fingerprint density at radius 3 is 2.24 bits per heavy atom. The fourth-order valence-corrected chi connectivity index (χ4v) is 1.46. The van der Waals surface area contributed by atoms with Gasteiger partial charge in [-0.2, -0.15) is 8.42 Å². The van der Waals surface area contributed by atoms with E-state index in [2.05, 4.69) is 42.0 Å². The predicted octanol–water partition coefficient (Wildman–Crippen LogP) is 1.23. The molecule has 0 aromatic carbocycles. The predicted molar refractivity (Wildman–Crippen MR) is 83.4 cm³/mol. The molecular formula is C13H28N2O5S. The average Bonchev–Trinajstić information content (AvgIpc) is 2.32. The molecule has 8 heteroatoms. The van der Waals surface area contributed by atoms with E-state index >= 15 is 0 Å². The van der Waals surface area contributed by atoms with Gasteiger partial charge < -0.3 is 10.2 Å². The third kappa shape index (κ3) is 17.0. The lowest BCUT2D eigenvalue weighted by Gasteiger charge is -2.19. The summed E-state index contributed by atoms with van der Waals surface area (Å²) < 4.78 is 30.7. The van der Waals surface area contributed by atoms with Crippen molar-refractivity contribution < 1.29 is 21.9 Å². The number of hydrogen-bond donors (Lipinski definition) is 2. The zero-order valence-corrected chi connectivity index (χ0v) is 14.4. The standard InChI is InChI=1S/C11H22N2O.C2H6O4S/c1-9(2)11(14)12-8-6-7-10(3)13(4)5;1-2-6-7(3,4)5/h10H,1,6-8H2,2-5H3,(H,12,14);2H2,1H3,(H,3,4,5). The zero-order valence-electron chi connectivity index (χ0n) is 13.5. The Morgan fingerprint density at radius 1 is 1.43 bits per heavy atom. The summed E-state index contributed by atoms with van der Waals surface area (Å²) in [5.41, 5.74) is 0.575. The molecule has 2 N–H and O–H groups in total. The molecule has 0 saturated heterocycles. The van der Waals surface area contributed by atoms with Crippen molar-refractivity contribution in [2.75, 3.05) is 27.2 Å². The van der Waals surface area contributed by atoms with Crippen LogP contribution in [0.4, 0.5) is 0 Å². The van der Waals surface area contributed by atoms with Gasteiger partial charge in [0.15, 0.2) is 0 Å². The van der Waals surface area contributed by atoms with Crippen LogP contribution in [0, 0.1) is 0 Å². The Hall–Kier alpha value is -0.960. The summed E-state index contributed by atoms with van der Waals surface area (Å²) in [6, 6.07) is 0.566. The van der Waals surface area contributed by atoms with Gasteiger partial charge in [0, 0.05) is 18.2 Å². The number of nitrogens with one attached hydrogen (secondary N) is 1. The van der Waals surface area contributed by atoms with Gasteiger partial charge in [-0.1, -0.05) is 6.58 Å². The fraction of sp³-hybridized carbons (Fsp3) is 0.769. The van der Waals surface area contributed by atoms with E-state index in [1.165, 1.54) is 6.92 Å². The highest BCUT2D eigenvalue weighted by Gasteiger charge is 2.04. The summed E-state index contributed by atoms with van der Waals surface area (Å²) in [4.78, 5) is 13.3. The fourth-order valence-electron chi connectivity index (χ4n) is 1.16. The van der Waals surface area contributed by atoms with Crippen LogP contribution in [0.5, 0.6) is 0 Å². The molecule has 0 radical (unpaired) electrons. The van der Waals surface area contributed by atoms with Crippen molar-refractivity contribution in [2.45, 2.75) is 39.7 Å². The van der Waals surface area contributed by atoms with Crippen LogP contribution in [0.3, 0.4) is 0 Å². The first-order valence-corrected chi connectivity index (χ1v) is 8.09. The summed E-state index contributed by atoms with van der Waals surface area (Å²) in [6.07, 6.45) is 2.11. The van der Waals surface area contributed by atoms with E-state index < -0.39 is 10.4 Å². The molecule has 126 valence electrons. The maximum atomic E-state index is 11.1. The number of carbonyl (C=O) groups is 1. The van der Waals surface area contributed by atoms with Crippen LogP contribution in [-0.2, 0) is 19.4 Å². The SMILES string of the molecule is C=C(C)C(=O)NCCCC(C)N(C)C.CCOS(=O)(=O)O. The molecule has 0 aliphatic rings. The lowest BCUT2D eigenvalue weighted by atomic mass is 10.1. The second-order valence-corrected chi connectivity index (χ2v) is 5.92. The maximum absolute atomic E-state index is 11.1. The first kappa shape index (κ1) is 22.3. The normalized spacial score (nSPS) is 12.3. The Morgan fingerprint density at radius 2 is 1.95 bits per heavy atom. The minimum atomic E-state index is -4.17. The molecule has 0 aliphatic carbocycles. The minimum Gasteiger partial charge on any atom is -0.352 e. The summed E-state index contributed by atoms with van der Waals surface area (Å²) in [7, 11) is -0.0410. The van der Waals surface area contributed by atoms with E-state index in [1.807, 2.05) is 0 Å². The first-order valence-electron chi connectivity index (χ1n) is 6.73. The van der Waals surface area contributed by atoms with Crippen molar-refractivity contribution >= 4 is 16.3 Å². The van der Waals surface area contributed by atoms with Crippen molar-refractivity contribution in [1.29, 1.82) is 0 Å². The van der Waals surface area contributed by atoms with Gasteiger partial charge in [-0.15, -0.1) is 0 Å². The summed E-state index contributed by atoms with van der Waals surface area (Å²) in [6.45, 7) is 9.66.